The Hall–Kier alpha value is -1.56. The van der Waals surface area contributed by atoms with E-state index in [4.69, 9.17) is 8.92 Å². The summed E-state index contributed by atoms with van der Waals surface area (Å²) < 4.78 is 34.0. The SMILES string of the molecule is CCCCS(=O)(=O)Oc1ccccc1C(=O)OCC(C)(C)C. The van der Waals surface area contributed by atoms with Crippen LogP contribution in [0.3, 0.4) is 0 Å². The van der Waals surface area contributed by atoms with Crippen LogP contribution >= 0.6 is 0 Å². The van der Waals surface area contributed by atoms with Crippen LogP contribution < -0.4 is 4.18 Å². The van der Waals surface area contributed by atoms with Gasteiger partial charge in [-0.2, -0.15) is 8.42 Å². The fourth-order valence-electron chi connectivity index (χ4n) is 1.57. The zero-order chi connectivity index (χ0) is 16.8. The summed E-state index contributed by atoms with van der Waals surface area (Å²) in [5.74, 6) is -0.650. The molecule has 0 aromatic heterocycles. The molecule has 1 aromatic carbocycles. The summed E-state index contributed by atoms with van der Waals surface area (Å²) in [5.41, 5.74) is -0.0506. The predicted octanol–water partition coefficient (Wildman–Crippen LogP) is 3.40. The maximum absolute atomic E-state index is 12.1. The first-order valence-corrected chi connectivity index (χ1v) is 8.91. The molecule has 0 unspecified atom stereocenters. The van der Waals surface area contributed by atoms with Crippen LogP contribution in [0.1, 0.15) is 50.9 Å². The van der Waals surface area contributed by atoms with Gasteiger partial charge in [-0.15, -0.1) is 0 Å². The zero-order valence-corrected chi connectivity index (χ0v) is 14.4. The number of hydrogen-bond acceptors (Lipinski definition) is 5. The summed E-state index contributed by atoms with van der Waals surface area (Å²) in [4.78, 5) is 12.1. The van der Waals surface area contributed by atoms with Crippen LogP contribution in [0.4, 0.5) is 0 Å². The number of rotatable bonds is 7. The first-order valence-electron chi connectivity index (χ1n) is 7.33. The second kappa shape index (κ2) is 7.63. The minimum atomic E-state index is -3.70. The first kappa shape index (κ1) is 18.5. The molecular formula is C16H24O5S. The van der Waals surface area contributed by atoms with Crippen molar-refractivity contribution in [3.8, 4) is 5.75 Å². The molecule has 0 bridgehead atoms. The minimum absolute atomic E-state index is 0.0116. The number of hydrogen-bond donors (Lipinski definition) is 0. The molecule has 0 fully saturated rings. The smallest absolute Gasteiger partial charge is 0.341 e. The van der Waals surface area contributed by atoms with Gasteiger partial charge in [0.1, 0.15) is 5.56 Å². The molecule has 0 N–H and O–H groups in total. The standard InChI is InChI=1S/C16H24O5S/c1-5-6-11-22(18,19)21-14-10-8-7-9-13(14)15(17)20-12-16(2,3)4/h7-10H,5-6,11-12H2,1-4H3. The molecule has 22 heavy (non-hydrogen) atoms. The van der Waals surface area contributed by atoms with E-state index in [1.54, 1.807) is 12.1 Å². The Morgan fingerprint density at radius 2 is 1.82 bits per heavy atom. The average Bonchev–Trinajstić information content (AvgIpc) is 2.42. The van der Waals surface area contributed by atoms with Crippen molar-refractivity contribution < 1.29 is 22.1 Å². The van der Waals surface area contributed by atoms with Gasteiger partial charge in [0.2, 0.25) is 0 Å². The Labute approximate surface area is 132 Å². The van der Waals surface area contributed by atoms with E-state index in [9.17, 15) is 13.2 Å². The number of benzene rings is 1. The summed E-state index contributed by atoms with van der Waals surface area (Å²) in [6.45, 7) is 7.96. The molecule has 0 spiro atoms. The molecule has 6 heteroatoms. The van der Waals surface area contributed by atoms with Gasteiger partial charge in [-0.1, -0.05) is 46.2 Å². The van der Waals surface area contributed by atoms with Crippen molar-refractivity contribution in [2.24, 2.45) is 5.41 Å². The van der Waals surface area contributed by atoms with Gasteiger partial charge in [0.25, 0.3) is 0 Å². The summed E-state index contributed by atoms with van der Waals surface area (Å²) in [6.07, 6.45) is 1.26. The van der Waals surface area contributed by atoms with E-state index in [-0.39, 0.29) is 29.1 Å². The Kier molecular flexibility index (Phi) is 6.41. The van der Waals surface area contributed by atoms with Gasteiger partial charge in [0, 0.05) is 0 Å². The third-order valence-electron chi connectivity index (χ3n) is 2.71. The summed E-state index contributed by atoms with van der Waals surface area (Å²) in [7, 11) is -3.70. The average molecular weight is 328 g/mol. The van der Waals surface area contributed by atoms with E-state index >= 15 is 0 Å². The fraction of sp³-hybridized carbons (Fsp3) is 0.562. The maximum atomic E-state index is 12.1. The second-order valence-electron chi connectivity index (χ2n) is 6.33. The normalized spacial score (nSPS) is 12.0. The Morgan fingerprint density at radius 1 is 1.18 bits per heavy atom. The molecule has 1 aromatic rings. The number of unbranched alkanes of at least 4 members (excludes halogenated alkanes) is 1. The molecule has 0 saturated heterocycles. The first-order chi connectivity index (χ1) is 10.1. The Balaban J connectivity index is 2.88. The molecule has 0 amide bonds. The lowest BCUT2D eigenvalue weighted by atomic mass is 9.99. The van der Waals surface area contributed by atoms with E-state index in [0.717, 1.165) is 6.42 Å². The number of ether oxygens (including phenoxy) is 1. The number of para-hydroxylation sites is 1. The summed E-state index contributed by atoms with van der Waals surface area (Å²) in [5, 5.41) is 0. The molecule has 0 radical (unpaired) electrons. The summed E-state index contributed by atoms with van der Waals surface area (Å²) in [6, 6.07) is 6.21. The lowest BCUT2D eigenvalue weighted by Crippen LogP contribution is -2.20. The monoisotopic (exact) mass is 328 g/mol. The molecule has 0 heterocycles. The van der Waals surface area contributed by atoms with Crippen molar-refractivity contribution in [3.05, 3.63) is 29.8 Å². The fourth-order valence-corrected chi connectivity index (χ4v) is 2.71. The van der Waals surface area contributed by atoms with Gasteiger partial charge in [0.15, 0.2) is 5.75 Å². The van der Waals surface area contributed by atoms with Crippen LogP contribution in [0.15, 0.2) is 24.3 Å². The lowest BCUT2D eigenvalue weighted by Gasteiger charge is -2.18. The van der Waals surface area contributed by atoms with Crippen LogP contribution in [-0.4, -0.2) is 26.7 Å². The van der Waals surface area contributed by atoms with Crippen molar-refractivity contribution >= 4 is 16.1 Å². The van der Waals surface area contributed by atoms with Crippen molar-refractivity contribution in [3.63, 3.8) is 0 Å². The predicted molar refractivity (Wildman–Crippen MR) is 85.5 cm³/mol. The largest absolute Gasteiger partial charge is 0.461 e. The highest BCUT2D eigenvalue weighted by atomic mass is 32.2. The van der Waals surface area contributed by atoms with E-state index in [2.05, 4.69) is 0 Å². The molecule has 5 nitrogen and oxygen atoms in total. The van der Waals surface area contributed by atoms with Gasteiger partial charge in [-0.3, -0.25) is 0 Å². The van der Waals surface area contributed by atoms with Crippen LogP contribution in [0.25, 0.3) is 0 Å². The third kappa shape index (κ3) is 6.47. The van der Waals surface area contributed by atoms with Gasteiger partial charge >= 0.3 is 16.1 Å². The Bertz CT molecular complexity index is 599. The van der Waals surface area contributed by atoms with Gasteiger partial charge in [-0.25, -0.2) is 4.79 Å². The minimum Gasteiger partial charge on any atom is -0.461 e. The molecule has 0 saturated carbocycles. The van der Waals surface area contributed by atoms with Crippen molar-refractivity contribution in [2.45, 2.75) is 40.5 Å². The zero-order valence-electron chi connectivity index (χ0n) is 13.6. The van der Waals surface area contributed by atoms with E-state index in [1.807, 2.05) is 27.7 Å². The second-order valence-corrected chi connectivity index (χ2v) is 8.02. The number of esters is 1. The lowest BCUT2D eigenvalue weighted by molar-refractivity contribution is 0.0365. The molecule has 0 aliphatic rings. The van der Waals surface area contributed by atoms with Gasteiger partial charge in [-0.05, 0) is 24.0 Å². The molecule has 0 atom stereocenters. The van der Waals surface area contributed by atoms with E-state index in [1.165, 1.54) is 12.1 Å². The molecule has 0 aliphatic heterocycles. The van der Waals surface area contributed by atoms with E-state index in [0.29, 0.717) is 6.42 Å². The van der Waals surface area contributed by atoms with Crippen molar-refractivity contribution in [1.29, 1.82) is 0 Å². The highest BCUT2D eigenvalue weighted by Gasteiger charge is 2.21. The van der Waals surface area contributed by atoms with Gasteiger partial charge in [0.05, 0.1) is 12.4 Å². The van der Waals surface area contributed by atoms with Gasteiger partial charge < -0.3 is 8.92 Å². The number of carbonyl (C=O) groups excluding carboxylic acids is 1. The van der Waals surface area contributed by atoms with Crippen molar-refractivity contribution in [1.82, 2.24) is 0 Å². The van der Waals surface area contributed by atoms with E-state index < -0.39 is 16.1 Å². The maximum Gasteiger partial charge on any atom is 0.341 e. The topological polar surface area (TPSA) is 69.7 Å². The highest BCUT2D eigenvalue weighted by Crippen LogP contribution is 2.22. The molecule has 124 valence electrons. The third-order valence-corrected chi connectivity index (χ3v) is 3.93. The Morgan fingerprint density at radius 3 is 2.41 bits per heavy atom. The van der Waals surface area contributed by atoms with Crippen LogP contribution in [0.5, 0.6) is 5.75 Å². The molecular weight excluding hydrogens is 304 g/mol. The van der Waals surface area contributed by atoms with Crippen LogP contribution in [-0.2, 0) is 14.9 Å². The van der Waals surface area contributed by atoms with Crippen molar-refractivity contribution in [2.75, 3.05) is 12.4 Å². The van der Waals surface area contributed by atoms with Crippen LogP contribution in [0.2, 0.25) is 0 Å². The quantitative estimate of drug-likeness (QED) is 0.567. The molecule has 0 aliphatic carbocycles. The summed E-state index contributed by atoms with van der Waals surface area (Å²) >= 11 is 0. The van der Waals surface area contributed by atoms with Crippen LogP contribution in [0, 0.1) is 5.41 Å². The highest BCUT2D eigenvalue weighted by molar-refractivity contribution is 7.87. The molecule has 1 rings (SSSR count). The number of carbonyl (C=O) groups is 1.